The van der Waals surface area contributed by atoms with Gasteiger partial charge in [0.2, 0.25) is 4.80 Å². The number of thioether (sulfide) groups is 1. The molecule has 3 aromatic rings. The summed E-state index contributed by atoms with van der Waals surface area (Å²) >= 11 is 3.28. The highest BCUT2D eigenvalue weighted by molar-refractivity contribution is 7.98. The maximum absolute atomic E-state index is 5.58. The van der Waals surface area contributed by atoms with Crippen LogP contribution in [0.1, 0.15) is 12.5 Å². The number of methoxy groups -OCH3 is 2. The molecule has 0 spiro atoms. The van der Waals surface area contributed by atoms with Gasteiger partial charge in [0.1, 0.15) is 11.5 Å². The van der Waals surface area contributed by atoms with Crippen molar-refractivity contribution in [1.82, 2.24) is 4.68 Å². The van der Waals surface area contributed by atoms with Gasteiger partial charge in [-0.3, -0.25) is 4.99 Å². The number of ether oxygens (including phenoxy) is 2. The number of nitrogens with zero attached hydrogens (tertiary/aromatic N) is 3. The van der Waals surface area contributed by atoms with Gasteiger partial charge in [-0.1, -0.05) is 12.1 Å². The van der Waals surface area contributed by atoms with Crippen molar-refractivity contribution in [1.29, 1.82) is 0 Å². The minimum Gasteiger partial charge on any atom is -0.497 e. The Hall–Kier alpha value is -2.51. The lowest BCUT2D eigenvalue weighted by Gasteiger charge is -2.11. The monoisotopic (exact) mass is 413 g/mol. The SMILES string of the molecule is CCN=c1scc(-c2ccc(OC)cc2OC)n1N=Cc1ccc(SC)cc1. The van der Waals surface area contributed by atoms with Crippen molar-refractivity contribution in [2.75, 3.05) is 27.0 Å². The summed E-state index contributed by atoms with van der Waals surface area (Å²) in [6.45, 7) is 2.71. The summed E-state index contributed by atoms with van der Waals surface area (Å²) in [6.07, 6.45) is 3.92. The topological polar surface area (TPSA) is 48.1 Å². The van der Waals surface area contributed by atoms with Crippen molar-refractivity contribution in [2.45, 2.75) is 11.8 Å². The van der Waals surface area contributed by atoms with Gasteiger partial charge in [0, 0.05) is 28.5 Å². The fourth-order valence-electron chi connectivity index (χ4n) is 2.66. The largest absolute Gasteiger partial charge is 0.497 e. The second-order valence-corrected chi connectivity index (χ2v) is 7.49. The fourth-order valence-corrected chi connectivity index (χ4v) is 3.97. The average molecular weight is 414 g/mol. The van der Waals surface area contributed by atoms with Crippen LogP contribution >= 0.6 is 23.1 Å². The molecule has 0 saturated heterocycles. The highest BCUT2D eigenvalue weighted by Gasteiger charge is 2.13. The van der Waals surface area contributed by atoms with Crippen molar-refractivity contribution in [3.8, 4) is 22.8 Å². The first kappa shape index (κ1) is 20.2. The molecule has 0 fully saturated rings. The molecular formula is C21H23N3O2S2. The van der Waals surface area contributed by atoms with Crippen LogP contribution in [0.25, 0.3) is 11.3 Å². The molecule has 1 heterocycles. The third kappa shape index (κ3) is 4.48. The van der Waals surface area contributed by atoms with E-state index in [9.17, 15) is 0 Å². The lowest BCUT2D eigenvalue weighted by atomic mass is 10.1. The molecule has 0 aliphatic rings. The molecule has 0 aliphatic heterocycles. The molecule has 0 amide bonds. The Morgan fingerprint density at radius 2 is 1.89 bits per heavy atom. The van der Waals surface area contributed by atoms with Crippen molar-refractivity contribution in [3.63, 3.8) is 0 Å². The minimum atomic E-state index is 0.692. The second-order valence-electron chi connectivity index (χ2n) is 5.77. The van der Waals surface area contributed by atoms with Gasteiger partial charge < -0.3 is 9.47 Å². The molecule has 5 nitrogen and oxygen atoms in total. The molecule has 0 bridgehead atoms. The first-order valence-corrected chi connectivity index (χ1v) is 10.9. The molecule has 0 unspecified atom stereocenters. The summed E-state index contributed by atoms with van der Waals surface area (Å²) in [6, 6.07) is 14.1. The third-order valence-electron chi connectivity index (χ3n) is 4.10. The van der Waals surface area contributed by atoms with Gasteiger partial charge >= 0.3 is 0 Å². The van der Waals surface area contributed by atoms with Gasteiger partial charge in [0.15, 0.2) is 0 Å². The first-order chi connectivity index (χ1) is 13.7. The molecule has 146 valence electrons. The molecule has 2 aromatic carbocycles. The minimum absolute atomic E-state index is 0.692. The maximum atomic E-state index is 5.58. The second kappa shape index (κ2) is 9.61. The Bertz CT molecular complexity index is 1020. The van der Waals surface area contributed by atoms with Crippen molar-refractivity contribution in [2.24, 2.45) is 10.1 Å². The smallest absolute Gasteiger partial charge is 0.206 e. The standard InChI is InChI=1S/C21H23N3O2S2/c1-5-22-21-24(23-13-15-6-9-17(27-4)10-7-15)19(14-28-21)18-11-8-16(25-2)12-20(18)26-3/h6-14H,5H2,1-4H3. The summed E-state index contributed by atoms with van der Waals surface area (Å²) in [7, 11) is 3.30. The van der Waals surface area contributed by atoms with Crippen LogP contribution in [-0.4, -0.2) is 37.9 Å². The van der Waals surface area contributed by atoms with E-state index < -0.39 is 0 Å². The van der Waals surface area contributed by atoms with Crippen LogP contribution < -0.4 is 14.3 Å². The summed E-state index contributed by atoms with van der Waals surface area (Å²) in [5.74, 6) is 1.48. The Labute approximate surface area is 173 Å². The lowest BCUT2D eigenvalue weighted by Crippen LogP contribution is -2.12. The summed E-state index contributed by atoms with van der Waals surface area (Å²) in [5.41, 5.74) is 2.90. The van der Waals surface area contributed by atoms with Crippen molar-refractivity contribution < 1.29 is 9.47 Å². The van der Waals surface area contributed by atoms with Gasteiger partial charge in [0.25, 0.3) is 0 Å². The molecule has 0 atom stereocenters. The zero-order chi connectivity index (χ0) is 19.9. The van der Waals surface area contributed by atoms with E-state index in [1.54, 1.807) is 37.3 Å². The molecule has 0 radical (unpaired) electrons. The summed E-state index contributed by atoms with van der Waals surface area (Å²) in [4.78, 5) is 6.65. The predicted octanol–water partition coefficient (Wildman–Crippen LogP) is 4.76. The number of rotatable bonds is 7. The molecular weight excluding hydrogens is 390 g/mol. The quantitative estimate of drug-likeness (QED) is 0.414. The van der Waals surface area contributed by atoms with Crippen LogP contribution in [0.4, 0.5) is 0 Å². The van der Waals surface area contributed by atoms with E-state index in [0.29, 0.717) is 6.54 Å². The zero-order valence-corrected chi connectivity index (χ0v) is 18.0. The Balaban J connectivity index is 2.06. The van der Waals surface area contributed by atoms with E-state index in [4.69, 9.17) is 14.6 Å². The molecule has 28 heavy (non-hydrogen) atoms. The Morgan fingerprint density at radius 3 is 2.54 bits per heavy atom. The Kier molecular flexibility index (Phi) is 6.95. The van der Waals surface area contributed by atoms with Crippen LogP contribution in [-0.2, 0) is 0 Å². The van der Waals surface area contributed by atoms with Crippen LogP contribution in [0.2, 0.25) is 0 Å². The number of hydrogen-bond acceptors (Lipinski definition) is 6. The number of aromatic nitrogens is 1. The van der Waals surface area contributed by atoms with Crippen molar-refractivity contribution >= 4 is 29.3 Å². The lowest BCUT2D eigenvalue weighted by molar-refractivity contribution is 0.395. The number of hydrogen-bond donors (Lipinski definition) is 0. The van der Waals surface area contributed by atoms with E-state index in [1.165, 1.54) is 4.90 Å². The van der Waals surface area contributed by atoms with Crippen LogP contribution in [0.3, 0.4) is 0 Å². The molecule has 3 rings (SSSR count). The normalized spacial score (nSPS) is 11.9. The van der Waals surface area contributed by atoms with Gasteiger partial charge in [-0.2, -0.15) is 5.10 Å². The van der Waals surface area contributed by atoms with E-state index in [0.717, 1.165) is 33.1 Å². The molecule has 0 N–H and O–H groups in total. The summed E-state index contributed by atoms with van der Waals surface area (Å²) in [5, 5.41) is 6.77. The fraction of sp³-hybridized carbons (Fsp3) is 0.238. The van der Waals surface area contributed by atoms with Gasteiger partial charge in [-0.05, 0) is 43.0 Å². The summed E-state index contributed by atoms with van der Waals surface area (Å²) < 4.78 is 12.8. The number of thiazole rings is 1. The van der Waals surface area contributed by atoms with Gasteiger partial charge in [-0.25, -0.2) is 4.68 Å². The van der Waals surface area contributed by atoms with Crippen LogP contribution in [0.5, 0.6) is 11.5 Å². The van der Waals surface area contributed by atoms with E-state index in [2.05, 4.69) is 35.5 Å². The molecule has 0 aliphatic carbocycles. The molecule has 0 saturated carbocycles. The zero-order valence-electron chi connectivity index (χ0n) is 16.4. The van der Waals surface area contributed by atoms with Crippen LogP contribution in [0.15, 0.2) is 62.8 Å². The number of benzene rings is 2. The predicted molar refractivity (Wildman–Crippen MR) is 118 cm³/mol. The van der Waals surface area contributed by atoms with Gasteiger partial charge in [-0.15, -0.1) is 23.1 Å². The van der Waals surface area contributed by atoms with E-state index >= 15 is 0 Å². The van der Waals surface area contributed by atoms with E-state index in [-0.39, 0.29) is 0 Å². The highest BCUT2D eigenvalue weighted by Crippen LogP contribution is 2.33. The third-order valence-corrected chi connectivity index (χ3v) is 5.70. The molecule has 1 aromatic heterocycles. The average Bonchev–Trinajstić information content (AvgIpc) is 3.14. The van der Waals surface area contributed by atoms with E-state index in [1.807, 2.05) is 41.4 Å². The highest BCUT2D eigenvalue weighted by atomic mass is 32.2. The van der Waals surface area contributed by atoms with Crippen LogP contribution in [0, 0.1) is 0 Å². The molecule has 7 heteroatoms. The van der Waals surface area contributed by atoms with Gasteiger partial charge in [0.05, 0.1) is 26.1 Å². The van der Waals surface area contributed by atoms with Crippen molar-refractivity contribution in [3.05, 3.63) is 58.2 Å². The maximum Gasteiger partial charge on any atom is 0.206 e. The Morgan fingerprint density at radius 1 is 1.11 bits per heavy atom. The first-order valence-electron chi connectivity index (χ1n) is 8.82.